The first kappa shape index (κ1) is 19.9. The molecule has 0 aliphatic heterocycles. The summed E-state index contributed by atoms with van der Waals surface area (Å²) in [5, 5.41) is 16.1. The molecule has 7 nitrogen and oxygen atoms in total. The van der Waals surface area contributed by atoms with Gasteiger partial charge < -0.3 is 10.1 Å². The Morgan fingerprint density at radius 2 is 1.90 bits per heavy atom. The summed E-state index contributed by atoms with van der Waals surface area (Å²) in [6, 6.07) is 12.9. The molecule has 152 valence electrons. The summed E-state index contributed by atoms with van der Waals surface area (Å²) in [5.74, 6) is -0.800. The van der Waals surface area contributed by atoms with Crippen LogP contribution in [0, 0.1) is 12.7 Å². The molecule has 2 heterocycles. The third kappa shape index (κ3) is 3.62. The number of methoxy groups -OCH3 is 1. The highest BCUT2D eigenvalue weighted by molar-refractivity contribution is 6.33. The van der Waals surface area contributed by atoms with Gasteiger partial charge in [-0.05, 0) is 36.8 Å². The smallest absolute Gasteiger partial charge is 0.278 e. The molecule has 9 heteroatoms. The van der Waals surface area contributed by atoms with Gasteiger partial charge in [0.2, 0.25) is 0 Å². The van der Waals surface area contributed by atoms with E-state index in [0.717, 1.165) is 5.56 Å². The molecule has 2 aromatic heterocycles. The summed E-state index contributed by atoms with van der Waals surface area (Å²) in [6.07, 6.45) is 0. The van der Waals surface area contributed by atoms with Gasteiger partial charge in [0.05, 0.1) is 34.3 Å². The highest BCUT2D eigenvalue weighted by Crippen LogP contribution is 2.29. The van der Waals surface area contributed by atoms with Crippen LogP contribution in [-0.4, -0.2) is 32.8 Å². The van der Waals surface area contributed by atoms with Gasteiger partial charge in [0, 0.05) is 7.11 Å². The van der Waals surface area contributed by atoms with Gasteiger partial charge >= 0.3 is 0 Å². The monoisotopic (exact) mass is 425 g/mol. The topological polar surface area (TPSA) is 81.4 Å². The van der Waals surface area contributed by atoms with Crippen LogP contribution in [0.2, 0.25) is 5.02 Å². The highest BCUT2D eigenvalue weighted by Gasteiger charge is 2.22. The normalized spacial score (nSPS) is 11.1. The average molecular weight is 426 g/mol. The molecular weight excluding hydrogens is 409 g/mol. The van der Waals surface area contributed by atoms with Crippen molar-refractivity contribution in [2.45, 2.75) is 13.5 Å². The molecule has 0 aliphatic rings. The molecule has 0 spiro atoms. The molecule has 4 aromatic rings. The number of hydrogen-bond donors (Lipinski definition) is 1. The zero-order chi connectivity index (χ0) is 21.3. The number of carbonyl (C=O) groups is 1. The Hall–Kier alpha value is -3.36. The van der Waals surface area contributed by atoms with Crippen molar-refractivity contribution >= 4 is 28.8 Å². The number of nitrogens with one attached hydrogen (secondary N) is 1. The van der Waals surface area contributed by atoms with Crippen molar-refractivity contribution in [1.29, 1.82) is 0 Å². The number of fused-ring (bicyclic) bond motifs is 1. The Morgan fingerprint density at radius 1 is 1.17 bits per heavy atom. The van der Waals surface area contributed by atoms with E-state index in [1.807, 2.05) is 0 Å². The second kappa shape index (κ2) is 8.17. The summed E-state index contributed by atoms with van der Waals surface area (Å²) in [5.41, 5.74) is 3.52. The van der Waals surface area contributed by atoms with Gasteiger partial charge in [-0.1, -0.05) is 35.9 Å². The molecule has 0 radical (unpaired) electrons. The summed E-state index contributed by atoms with van der Waals surface area (Å²) in [4.78, 5) is 12.8. The third-order valence-electron chi connectivity index (χ3n) is 4.59. The molecule has 4 rings (SSSR count). The number of aryl methyl sites for hydroxylation is 1. The maximum absolute atomic E-state index is 13.4. The number of para-hydroxylation sites is 1. The second-order valence-corrected chi connectivity index (χ2v) is 6.97. The minimum Gasteiger partial charge on any atom is -0.378 e. The van der Waals surface area contributed by atoms with E-state index in [-0.39, 0.29) is 18.1 Å². The molecule has 0 fully saturated rings. The molecule has 0 aliphatic carbocycles. The number of amides is 1. The van der Waals surface area contributed by atoms with E-state index in [1.165, 1.54) is 12.1 Å². The Bertz CT molecular complexity index is 1240. The van der Waals surface area contributed by atoms with Crippen LogP contribution in [0.3, 0.4) is 0 Å². The standard InChI is InChI=1S/C21H17ClFN5O2/c1-12-19(21(29)24-16-6-4-3-5-15(16)22)25-26-20-18(13-7-9-14(23)10-8-13)17(11-30-2)27-28(12)20/h3-10H,11H2,1-2H3,(H,24,29). The molecule has 0 saturated heterocycles. The lowest BCUT2D eigenvalue weighted by Gasteiger charge is -2.09. The Kier molecular flexibility index (Phi) is 5.43. The first-order valence-corrected chi connectivity index (χ1v) is 9.43. The van der Waals surface area contributed by atoms with Crippen LogP contribution in [0.15, 0.2) is 48.5 Å². The molecule has 0 bridgehead atoms. The fourth-order valence-electron chi connectivity index (χ4n) is 3.15. The second-order valence-electron chi connectivity index (χ2n) is 6.56. The predicted octanol–water partition coefficient (Wildman–Crippen LogP) is 4.29. The predicted molar refractivity (Wildman–Crippen MR) is 111 cm³/mol. The third-order valence-corrected chi connectivity index (χ3v) is 4.92. The number of ether oxygens (including phenoxy) is 1. The molecule has 1 amide bonds. The van der Waals surface area contributed by atoms with Crippen LogP contribution in [-0.2, 0) is 11.3 Å². The largest absolute Gasteiger partial charge is 0.378 e. The summed E-state index contributed by atoms with van der Waals surface area (Å²) >= 11 is 6.12. The van der Waals surface area contributed by atoms with Crippen LogP contribution >= 0.6 is 11.6 Å². The Morgan fingerprint density at radius 3 is 2.60 bits per heavy atom. The van der Waals surface area contributed by atoms with Gasteiger partial charge in [0.15, 0.2) is 11.3 Å². The molecule has 0 unspecified atom stereocenters. The lowest BCUT2D eigenvalue weighted by atomic mass is 10.1. The van der Waals surface area contributed by atoms with Crippen molar-refractivity contribution in [2.75, 3.05) is 12.4 Å². The molecular formula is C21H17ClFN5O2. The lowest BCUT2D eigenvalue weighted by molar-refractivity contribution is 0.102. The zero-order valence-electron chi connectivity index (χ0n) is 16.2. The van der Waals surface area contributed by atoms with Crippen LogP contribution < -0.4 is 5.32 Å². The van der Waals surface area contributed by atoms with Crippen molar-refractivity contribution in [3.63, 3.8) is 0 Å². The highest BCUT2D eigenvalue weighted by atomic mass is 35.5. The molecule has 30 heavy (non-hydrogen) atoms. The SMILES string of the molecule is COCc1nn2c(C)c(C(=O)Nc3ccccc3Cl)nnc2c1-c1ccc(F)cc1. The van der Waals surface area contributed by atoms with Crippen molar-refractivity contribution in [1.82, 2.24) is 19.8 Å². The molecule has 2 aromatic carbocycles. The minimum atomic E-state index is -0.456. The fourth-order valence-corrected chi connectivity index (χ4v) is 3.34. The number of nitrogens with zero attached hydrogens (tertiary/aromatic N) is 4. The number of halogens is 2. The fraction of sp³-hybridized carbons (Fsp3) is 0.143. The Balaban J connectivity index is 1.80. The maximum Gasteiger partial charge on any atom is 0.278 e. The quantitative estimate of drug-likeness (QED) is 0.515. The number of aromatic nitrogens is 4. The minimum absolute atomic E-state index is 0.111. The summed E-state index contributed by atoms with van der Waals surface area (Å²) < 4.78 is 20.2. The van der Waals surface area contributed by atoms with Gasteiger partial charge in [-0.15, -0.1) is 10.2 Å². The van der Waals surface area contributed by atoms with Gasteiger partial charge in [-0.25, -0.2) is 8.91 Å². The zero-order valence-corrected chi connectivity index (χ0v) is 16.9. The number of hydrogen-bond acceptors (Lipinski definition) is 5. The van der Waals surface area contributed by atoms with Crippen LogP contribution in [0.1, 0.15) is 21.9 Å². The van der Waals surface area contributed by atoms with Crippen LogP contribution in [0.25, 0.3) is 16.8 Å². The van der Waals surface area contributed by atoms with Crippen LogP contribution in [0.5, 0.6) is 0 Å². The van der Waals surface area contributed by atoms with Crippen LogP contribution in [0.4, 0.5) is 10.1 Å². The number of anilines is 1. The maximum atomic E-state index is 13.4. The first-order valence-electron chi connectivity index (χ1n) is 9.05. The lowest BCUT2D eigenvalue weighted by Crippen LogP contribution is -2.18. The van der Waals surface area contributed by atoms with Crippen molar-refractivity contribution < 1.29 is 13.9 Å². The Labute approximate surface area is 176 Å². The molecule has 0 saturated carbocycles. The number of rotatable bonds is 5. The van der Waals surface area contributed by atoms with Gasteiger partial charge in [0.25, 0.3) is 5.91 Å². The summed E-state index contributed by atoms with van der Waals surface area (Å²) in [6.45, 7) is 1.94. The first-order chi connectivity index (χ1) is 14.5. The van der Waals surface area contributed by atoms with Gasteiger partial charge in [0.1, 0.15) is 5.82 Å². The summed E-state index contributed by atoms with van der Waals surface area (Å²) in [7, 11) is 1.56. The van der Waals surface area contributed by atoms with E-state index in [2.05, 4.69) is 20.6 Å². The van der Waals surface area contributed by atoms with E-state index in [4.69, 9.17) is 16.3 Å². The number of carbonyl (C=O) groups excluding carboxylic acids is 1. The van der Waals surface area contributed by atoms with E-state index in [9.17, 15) is 9.18 Å². The average Bonchev–Trinajstić information content (AvgIpc) is 3.10. The van der Waals surface area contributed by atoms with Crippen molar-refractivity contribution in [3.8, 4) is 11.1 Å². The molecule has 1 N–H and O–H groups in total. The van der Waals surface area contributed by atoms with Gasteiger partial charge in [-0.2, -0.15) is 5.10 Å². The van der Waals surface area contributed by atoms with E-state index in [1.54, 1.807) is 54.9 Å². The van der Waals surface area contributed by atoms with E-state index < -0.39 is 5.91 Å². The van der Waals surface area contributed by atoms with E-state index in [0.29, 0.717) is 33.3 Å². The van der Waals surface area contributed by atoms with Crippen molar-refractivity contribution in [2.24, 2.45) is 0 Å². The molecule has 0 atom stereocenters. The van der Waals surface area contributed by atoms with Gasteiger partial charge in [-0.3, -0.25) is 4.79 Å². The van der Waals surface area contributed by atoms with Crippen molar-refractivity contribution in [3.05, 3.63) is 76.5 Å². The van der Waals surface area contributed by atoms with E-state index >= 15 is 0 Å². The number of benzene rings is 2.